The van der Waals surface area contributed by atoms with Crippen molar-refractivity contribution in [3.63, 3.8) is 0 Å². The molecule has 0 aromatic heterocycles. The summed E-state index contributed by atoms with van der Waals surface area (Å²) in [6.07, 6.45) is 19.9. The van der Waals surface area contributed by atoms with Gasteiger partial charge >= 0.3 is 5.97 Å². The third kappa shape index (κ3) is 13.3. The van der Waals surface area contributed by atoms with Crippen molar-refractivity contribution in [3.8, 4) is 11.5 Å². The average Bonchev–Trinajstić information content (AvgIpc) is 2.88. The molecule has 0 atom stereocenters. The number of hydrogen-bond donors (Lipinski definition) is 2. The van der Waals surface area contributed by atoms with Gasteiger partial charge in [-0.05, 0) is 55.0 Å². The Morgan fingerprint density at radius 2 is 1.14 bits per heavy atom. The van der Waals surface area contributed by atoms with E-state index in [2.05, 4.69) is 12.2 Å². The predicted molar refractivity (Wildman–Crippen MR) is 148 cm³/mol. The van der Waals surface area contributed by atoms with E-state index in [0.29, 0.717) is 23.4 Å². The lowest BCUT2D eigenvalue weighted by atomic mass is 10.0. The van der Waals surface area contributed by atoms with Crippen molar-refractivity contribution < 1.29 is 19.4 Å². The zero-order chi connectivity index (χ0) is 25.8. The summed E-state index contributed by atoms with van der Waals surface area (Å²) in [5.74, 6) is 0.101. The van der Waals surface area contributed by atoms with Gasteiger partial charge in [-0.3, -0.25) is 9.59 Å². The van der Waals surface area contributed by atoms with Gasteiger partial charge in [-0.15, -0.1) is 0 Å². The number of carbonyl (C=O) groups is 2. The van der Waals surface area contributed by atoms with Gasteiger partial charge in [0, 0.05) is 17.7 Å². The number of benzene rings is 2. The molecule has 198 valence electrons. The second kappa shape index (κ2) is 18.4. The summed E-state index contributed by atoms with van der Waals surface area (Å²) in [5.41, 5.74) is 1.06. The fourth-order valence-corrected chi connectivity index (χ4v) is 4.25. The number of rotatable bonds is 19. The molecule has 0 unspecified atom stereocenters. The Morgan fingerprint density at radius 3 is 1.64 bits per heavy atom. The van der Waals surface area contributed by atoms with Crippen LogP contribution in [0.25, 0.3) is 0 Å². The van der Waals surface area contributed by atoms with Crippen LogP contribution in [0, 0.1) is 0 Å². The highest BCUT2D eigenvalue weighted by molar-refractivity contribution is 6.04. The lowest BCUT2D eigenvalue weighted by molar-refractivity contribution is -0.134. The van der Waals surface area contributed by atoms with Crippen LogP contribution in [0.1, 0.15) is 120 Å². The summed E-state index contributed by atoms with van der Waals surface area (Å²) >= 11 is 0. The van der Waals surface area contributed by atoms with Gasteiger partial charge in [0.15, 0.2) is 0 Å². The van der Waals surface area contributed by atoms with Crippen molar-refractivity contribution in [2.75, 3.05) is 5.32 Å². The largest absolute Gasteiger partial charge is 0.508 e. The van der Waals surface area contributed by atoms with Crippen LogP contribution in [0.2, 0.25) is 0 Å². The molecule has 0 spiro atoms. The number of unbranched alkanes of at least 4 members (excludes halogenated alkanes) is 14. The van der Waals surface area contributed by atoms with E-state index in [-0.39, 0.29) is 17.6 Å². The lowest BCUT2D eigenvalue weighted by Crippen LogP contribution is -2.11. The molecular weight excluding hydrogens is 450 g/mol. The first kappa shape index (κ1) is 29.4. The van der Waals surface area contributed by atoms with Crippen LogP contribution in [0.15, 0.2) is 48.5 Å². The summed E-state index contributed by atoms with van der Waals surface area (Å²) in [7, 11) is 0. The van der Waals surface area contributed by atoms with Crippen molar-refractivity contribution >= 4 is 17.6 Å². The summed E-state index contributed by atoms with van der Waals surface area (Å²) in [5, 5.41) is 12.1. The van der Waals surface area contributed by atoms with Gasteiger partial charge in [-0.1, -0.05) is 96.8 Å². The number of amides is 1. The highest BCUT2D eigenvalue weighted by Crippen LogP contribution is 2.19. The molecule has 0 fully saturated rings. The van der Waals surface area contributed by atoms with E-state index in [9.17, 15) is 14.7 Å². The quantitative estimate of drug-likeness (QED) is 0.116. The van der Waals surface area contributed by atoms with E-state index < -0.39 is 0 Å². The number of hydrogen-bond acceptors (Lipinski definition) is 4. The molecule has 2 aromatic rings. The fourth-order valence-electron chi connectivity index (χ4n) is 4.25. The first-order valence-electron chi connectivity index (χ1n) is 14.0. The Labute approximate surface area is 217 Å². The summed E-state index contributed by atoms with van der Waals surface area (Å²) < 4.78 is 5.41. The van der Waals surface area contributed by atoms with Gasteiger partial charge < -0.3 is 15.2 Å². The third-order valence-corrected chi connectivity index (χ3v) is 6.46. The van der Waals surface area contributed by atoms with E-state index in [1.165, 1.54) is 95.6 Å². The lowest BCUT2D eigenvalue weighted by Gasteiger charge is -2.08. The van der Waals surface area contributed by atoms with Crippen LogP contribution in [0.4, 0.5) is 5.69 Å². The number of carbonyl (C=O) groups excluding carboxylic acids is 2. The second-order valence-corrected chi connectivity index (χ2v) is 9.70. The summed E-state index contributed by atoms with van der Waals surface area (Å²) in [6, 6.07) is 12.8. The minimum absolute atomic E-state index is 0.113. The smallest absolute Gasteiger partial charge is 0.311 e. The third-order valence-electron chi connectivity index (χ3n) is 6.46. The van der Waals surface area contributed by atoms with Gasteiger partial charge in [-0.25, -0.2) is 0 Å². The minimum atomic E-state index is -0.270. The Hall–Kier alpha value is -2.82. The van der Waals surface area contributed by atoms with E-state index in [0.717, 1.165) is 12.8 Å². The van der Waals surface area contributed by atoms with Crippen LogP contribution >= 0.6 is 0 Å². The number of aromatic hydroxyl groups is 1. The second-order valence-electron chi connectivity index (χ2n) is 9.70. The molecule has 0 radical (unpaired) electrons. The molecule has 2 aromatic carbocycles. The summed E-state index contributed by atoms with van der Waals surface area (Å²) in [6.45, 7) is 2.27. The Morgan fingerprint density at radius 1 is 0.667 bits per heavy atom. The Balaban J connectivity index is 1.46. The van der Waals surface area contributed by atoms with Crippen LogP contribution in [0.5, 0.6) is 11.5 Å². The van der Waals surface area contributed by atoms with Crippen LogP contribution in [0.3, 0.4) is 0 Å². The molecule has 0 saturated heterocycles. The zero-order valence-electron chi connectivity index (χ0n) is 22.1. The minimum Gasteiger partial charge on any atom is -0.508 e. The van der Waals surface area contributed by atoms with Gasteiger partial charge in [0.05, 0.1) is 0 Å². The molecule has 0 aliphatic carbocycles. The van der Waals surface area contributed by atoms with Crippen molar-refractivity contribution in [3.05, 3.63) is 54.1 Å². The molecule has 1 amide bonds. The highest BCUT2D eigenvalue weighted by Gasteiger charge is 2.08. The molecule has 36 heavy (non-hydrogen) atoms. The highest BCUT2D eigenvalue weighted by atomic mass is 16.5. The maximum atomic E-state index is 12.2. The molecule has 0 aliphatic rings. The molecule has 0 heterocycles. The SMILES string of the molecule is CCCCCCCCCCCCCCCCCC(=O)Oc1ccc(NC(=O)c2ccc(O)cc2)cc1. The fraction of sp³-hybridized carbons (Fsp3) is 0.548. The van der Waals surface area contributed by atoms with Crippen molar-refractivity contribution in [1.29, 1.82) is 0 Å². The van der Waals surface area contributed by atoms with Gasteiger partial charge in [-0.2, -0.15) is 0 Å². The monoisotopic (exact) mass is 495 g/mol. The van der Waals surface area contributed by atoms with Gasteiger partial charge in [0.1, 0.15) is 11.5 Å². The molecule has 5 heteroatoms. The molecule has 2 rings (SSSR count). The normalized spacial score (nSPS) is 10.8. The number of ether oxygens (including phenoxy) is 1. The van der Waals surface area contributed by atoms with E-state index >= 15 is 0 Å². The van der Waals surface area contributed by atoms with Gasteiger partial charge in [0.25, 0.3) is 5.91 Å². The molecule has 0 bridgehead atoms. The maximum Gasteiger partial charge on any atom is 0.311 e. The molecular formula is C31H45NO4. The van der Waals surface area contributed by atoms with Crippen molar-refractivity contribution in [1.82, 2.24) is 0 Å². The van der Waals surface area contributed by atoms with Crippen LogP contribution in [-0.4, -0.2) is 17.0 Å². The van der Waals surface area contributed by atoms with Crippen molar-refractivity contribution in [2.45, 2.75) is 110 Å². The maximum absolute atomic E-state index is 12.2. The molecule has 2 N–H and O–H groups in total. The first-order valence-corrected chi connectivity index (χ1v) is 14.0. The topological polar surface area (TPSA) is 75.6 Å². The number of anilines is 1. The van der Waals surface area contributed by atoms with Crippen molar-refractivity contribution in [2.24, 2.45) is 0 Å². The van der Waals surface area contributed by atoms with Gasteiger partial charge in [0.2, 0.25) is 0 Å². The van der Waals surface area contributed by atoms with Crippen LogP contribution < -0.4 is 10.1 Å². The standard InChI is InChI=1S/C31H45NO4/c1-2-3-4-5-6-7-8-9-10-11-12-13-14-15-16-17-30(34)36-29-24-20-27(21-25-29)32-31(35)26-18-22-28(33)23-19-26/h18-25,33H,2-17H2,1H3,(H,32,35). The molecule has 0 saturated carbocycles. The Kier molecular flexibility index (Phi) is 15.1. The van der Waals surface area contributed by atoms with E-state index in [4.69, 9.17) is 4.74 Å². The van der Waals surface area contributed by atoms with E-state index in [1.54, 1.807) is 36.4 Å². The molecule has 5 nitrogen and oxygen atoms in total. The molecule has 0 aliphatic heterocycles. The zero-order valence-corrected chi connectivity index (χ0v) is 22.1. The number of phenols is 1. The van der Waals surface area contributed by atoms with E-state index in [1.807, 2.05) is 0 Å². The number of esters is 1. The average molecular weight is 496 g/mol. The first-order chi connectivity index (χ1) is 17.6. The summed E-state index contributed by atoms with van der Waals surface area (Å²) in [4.78, 5) is 24.3. The number of phenolic OH excluding ortho intramolecular Hbond substituents is 1. The Bertz CT molecular complexity index is 861. The predicted octanol–water partition coefficient (Wildman–Crippen LogP) is 8.81. The number of nitrogens with one attached hydrogen (secondary N) is 1. The van der Waals surface area contributed by atoms with Crippen LogP contribution in [-0.2, 0) is 4.79 Å².